The molecule has 0 aliphatic heterocycles. The van der Waals surface area contributed by atoms with Gasteiger partial charge in [-0.2, -0.15) is 0 Å². The molecule has 0 saturated carbocycles. The highest BCUT2D eigenvalue weighted by atomic mass is 79.9. The number of halogens is 1. The molecule has 0 unspecified atom stereocenters. The van der Waals surface area contributed by atoms with E-state index >= 15 is 0 Å². The zero-order chi connectivity index (χ0) is 20.8. The van der Waals surface area contributed by atoms with Crippen LogP contribution in [0.2, 0.25) is 0 Å². The number of carbonyl (C=O) groups excluding carboxylic acids is 2. The highest BCUT2D eigenvalue weighted by Crippen LogP contribution is 2.25. The predicted octanol–water partition coefficient (Wildman–Crippen LogP) is 3.63. The van der Waals surface area contributed by atoms with Crippen molar-refractivity contribution in [3.8, 4) is 0 Å². The lowest BCUT2D eigenvalue weighted by Gasteiger charge is -2.14. The number of aryl methyl sites for hydroxylation is 2. The Balaban J connectivity index is 2.28. The maximum absolute atomic E-state index is 12.8. The molecule has 2 aromatic rings. The third kappa shape index (κ3) is 4.98. The molecule has 3 N–H and O–H groups in total. The summed E-state index contributed by atoms with van der Waals surface area (Å²) >= 11 is 3.36. The quantitative estimate of drug-likeness (QED) is 0.568. The summed E-state index contributed by atoms with van der Waals surface area (Å²) in [4.78, 5) is 39.6. The monoisotopic (exact) mass is 445 g/mol. The van der Waals surface area contributed by atoms with E-state index < -0.39 is 0 Å². The van der Waals surface area contributed by atoms with E-state index in [1.165, 1.54) is 6.08 Å². The summed E-state index contributed by atoms with van der Waals surface area (Å²) in [7, 11) is 0. The SMILES string of the molecule is C=CC(=O)Nc1cc(Br)cc(C(=O)NCc2c(CC)cc(CC)[nH]c2=O)c1C. The minimum Gasteiger partial charge on any atom is -0.348 e. The summed E-state index contributed by atoms with van der Waals surface area (Å²) in [6.07, 6.45) is 2.61. The topological polar surface area (TPSA) is 91.1 Å². The molecule has 0 spiro atoms. The Morgan fingerprint density at radius 3 is 2.54 bits per heavy atom. The minimum absolute atomic E-state index is 0.127. The molecule has 0 saturated heterocycles. The first-order valence-electron chi connectivity index (χ1n) is 9.06. The van der Waals surface area contributed by atoms with Crippen molar-refractivity contribution in [3.05, 3.63) is 73.6 Å². The van der Waals surface area contributed by atoms with Gasteiger partial charge in [0.05, 0.1) is 0 Å². The average Bonchev–Trinajstić information content (AvgIpc) is 2.68. The summed E-state index contributed by atoms with van der Waals surface area (Å²) in [5, 5.41) is 5.51. The lowest BCUT2D eigenvalue weighted by Crippen LogP contribution is -2.29. The molecule has 28 heavy (non-hydrogen) atoms. The van der Waals surface area contributed by atoms with E-state index in [2.05, 4.69) is 38.1 Å². The first-order chi connectivity index (χ1) is 13.3. The highest BCUT2D eigenvalue weighted by molar-refractivity contribution is 9.10. The number of anilines is 1. The third-order valence-corrected chi connectivity index (χ3v) is 4.99. The lowest BCUT2D eigenvalue weighted by molar-refractivity contribution is -0.111. The molecule has 1 aromatic carbocycles. The number of hydrogen-bond acceptors (Lipinski definition) is 3. The second kappa shape index (κ2) is 9.50. The molecule has 0 radical (unpaired) electrons. The van der Waals surface area contributed by atoms with Gasteiger partial charge in [0, 0.05) is 33.5 Å². The largest absolute Gasteiger partial charge is 0.348 e. The molecule has 2 rings (SSSR count). The molecule has 0 aliphatic carbocycles. The number of rotatable bonds is 7. The first kappa shape index (κ1) is 21.6. The zero-order valence-corrected chi connectivity index (χ0v) is 17.8. The summed E-state index contributed by atoms with van der Waals surface area (Å²) in [5.41, 5.74) is 3.73. The molecular weight excluding hydrogens is 422 g/mol. The molecule has 7 heteroatoms. The fourth-order valence-electron chi connectivity index (χ4n) is 2.89. The Hall–Kier alpha value is -2.67. The van der Waals surface area contributed by atoms with E-state index in [9.17, 15) is 14.4 Å². The molecule has 148 valence electrons. The van der Waals surface area contributed by atoms with Crippen molar-refractivity contribution in [2.75, 3.05) is 5.32 Å². The number of nitrogens with one attached hydrogen (secondary N) is 3. The third-order valence-electron chi connectivity index (χ3n) is 4.53. The Kier molecular flexibility index (Phi) is 7.34. The van der Waals surface area contributed by atoms with Crippen LogP contribution in [-0.2, 0) is 24.2 Å². The molecular formula is C21H24BrN3O3. The molecule has 0 bridgehead atoms. The van der Waals surface area contributed by atoms with Gasteiger partial charge in [-0.25, -0.2) is 0 Å². The van der Waals surface area contributed by atoms with E-state index in [4.69, 9.17) is 0 Å². The van der Waals surface area contributed by atoms with Crippen LogP contribution >= 0.6 is 15.9 Å². The Labute approximate surface area is 172 Å². The smallest absolute Gasteiger partial charge is 0.253 e. The maximum Gasteiger partial charge on any atom is 0.253 e. The van der Waals surface area contributed by atoms with E-state index in [-0.39, 0.29) is 23.9 Å². The highest BCUT2D eigenvalue weighted by Gasteiger charge is 2.16. The number of aromatic nitrogens is 1. The lowest BCUT2D eigenvalue weighted by atomic mass is 10.0. The van der Waals surface area contributed by atoms with Crippen molar-refractivity contribution >= 4 is 33.4 Å². The normalized spacial score (nSPS) is 10.4. The number of hydrogen-bond donors (Lipinski definition) is 3. The van der Waals surface area contributed by atoms with Gasteiger partial charge in [-0.1, -0.05) is 36.4 Å². The molecule has 0 fully saturated rings. The summed E-state index contributed by atoms with van der Waals surface area (Å²) in [6, 6.07) is 5.37. The van der Waals surface area contributed by atoms with Crippen molar-refractivity contribution in [3.63, 3.8) is 0 Å². The Bertz CT molecular complexity index is 980. The van der Waals surface area contributed by atoms with Crippen molar-refractivity contribution in [2.45, 2.75) is 40.2 Å². The van der Waals surface area contributed by atoms with Crippen molar-refractivity contribution in [2.24, 2.45) is 0 Å². The molecule has 1 heterocycles. The maximum atomic E-state index is 12.8. The number of benzene rings is 1. The number of carbonyl (C=O) groups is 2. The molecule has 0 atom stereocenters. The van der Waals surface area contributed by atoms with Crippen LogP contribution in [0.5, 0.6) is 0 Å². The zero-order valence-electron chi connectivity index (χ0n) is 16.2. The van der Waals surface area contributed by atoms with Crippen LogP contribution in [0.1, 0.15) is 46.6 Å². The van der Waals surface area contributed by atoms with Gasteiger partial charge < -0.3 is 15.6 Å². The summed E-state index contributed by atoms with van der Waals surface area (Å²) in [5.74, 6) is -0.684. The van der Waals surface area contributed by atoms with E-state index in [1.54, 1.807) is 19.1 Å². The van der Waals surface area contributed by atoms with Crippen LogP contribution in [-0.4, -0.2) is 16.8 Å². The van der Waals surface area contributed by atoms with Crippen LogP contribution in [0.25, 0.3) is 0 Å². The van der Waals surface area contributed by atoms with Gasteiger partial charge >= 0.3 is 0 Å². The predicted molar refractivity (Wildman–Crippen MR) is 115 cm³/mol. The van der Waals surface area contributed by atoms with Crippen LogP contribution in [0, 0.1) is 6.92 Å². The van der Waals surface area contributed by atoms with Crippen molar-refractivity contribution < 1.29 is 9.59 Å². The van der Waals surface area contributed by atoms with Crippen LogP contribution in [0.4, 0.5) is 5.69 Å². The van der Waals surface area contributed by atoms with Gasteiger partial charge in [0.2, 0.25) is 5.91 Å². The number of amides is 2. The second-order valence-corrected chi connectivity index (χ2v) is 7.25. The fourth-order valence-corrected chi connectivity index (χ4v) is 3.35. The van der Waals surface area contributed by atoms with E-state index in [1.807, 2.05) is 19.9 Å². The molecule has 0 aliphatic rings. The van der Waals surface area contributed by atoms with Gasteiger partial charge in [-0.15, -0.1) is 0 Å². The van der Waals surface area contributed by atoms with Crippen LogP contribution in [0.3, 0.4) is 0 Å². The number of H-pyrrole nitrogens is 1. The summed E-state index contributed by atoms with van der Waals surface area (Å²) < 4.78 is 0.655. The van der Waals surface area contributed by atoms with Crippen molar-refractivity contribution in [1.82, 2.24) is 10.3 Å². The minimum atomic E-state index is -0.359. The van der Waals surface area contributed by atoms with Crippen LogP contribution in [0.15, 0.2) is 40.1 Å². The molecule has 2 amide bonds. The average molecular weight is 446 g/mol. The van der Waals surface area contributed by atoms with E-state index in [0.29, 0.717) is 33.3 Å². The van der Waals surface area contributed by atoms with Crippen LogP contribution < -0.4 is 16.2 Å². The van der Waals surface area contributed by atoms with Gasteiger partial charge in [0.25, 0.3) is 11.5 Å². The molecule has 6 nitrogen and oxygen atoms in total. The number of pyridine rings is 1. The number of aromatic amines is 1. The summed E-state index contributed by atoms with van der Waals surface area (Å²) in [6.45, 7) is 9.26. The standard InChI is InChI=1S/C21H24BrN3O3/c1-5-13-8-15(6-2)24-21(28)17(13)11-23-20(27)16-9-14(22)10-18(12(16)4)25-19(26)7-3/h7-10H,3,5-6,11H2,1-2,4H3,(H,23,27)(H,24,28)(H,25,26). The van der Waals surface area contributed by atoms with Gasteiger partial charge in [-0.05, 0) is 55.2 Å². The first-order valence-corrected chi connectivity index (χ1v) is 9.85. The van der Waals surface area contributed by atoms with Gasteiger partial charge in [-0.3, -0.25) is 14.4 Å². The Morgan fingerprint density at radius 1 is 1.21 bits per heavy atom. The van der Waals surface area contributed by atoms with Gasteiger partial charge in [0.1, 0.15) is 0 Å². The Morgan fingerprint density at radius 2 is 1.93 bits per heavy atom. The molecule has 1 aromatic heterocycles. The second-order valence-electron chi connectivity index (χ2n) is 6.34. The van der Waals surface area contributed by atoms with Crippen molar-refractivity contribution in [1.29, 1.82) is 0 Å². The van der Waals surface area contributed by atoms with E-state index in [0.717, 1.165) is 17.7 Å². The van der Waals surface area contributed by atoms with Gasteiger partial charge in [0.15, 0.2) is 0 Å². The fraction of sp³-hybridized carbons (Fsp3) is 0.286.